The first-order chi connectivity index (χ1) is 38.5. The van der Waals surface area contributed by atoms with E-state index < -0.39 is 6.10 Å². The highest BCUT2D eigenvalue weighted by Gasteiger charge is 2.19. The lowest BCUT2D eigenvalue weighted by atomic mass is 10.0. The van der Waals surface area contributed by atoms with Gasteiger partial charge in [-0.2, -0.15) is 0 Å². The molecule has 0 aliphatic heterocycles. The van der Waals surface area contributed by atoms with Gasteiger partial charge in [-0.3, -0.25) is 14.4 Å². The molecule has 0 spiro atoms. The van der Waals surface area contributed by atoms with E-state index in [0.717, 1.165) is 122 Å². The number of carbonyl (C=O) groups is 3. The number of ether oxygens (including phenoxy) is 3. The number of rotatable bonds is 61. The molecule has 0 aliphatic rings. The van der Waals surface area contributed by atoms with Gasteiger partial charge >= 0.3 is 17.9 Å². The summed E-state index contributed by atoms with van der Waals surface area (Å²) >= 11 is 0. The summed E-state index contributed by atoms with van der Waals surface area (Å²) in [7, 11) is 0. The minimum atomic E-state index is -0.783. The van der Waals surface area contributed by atoms with E-state index in [1.807, 2.05) is 0 Å². The molecule has 0 aromatic rings. The molecule has 0 amide bonds. The third-order valence-corrected chi connectivity index (χ3v) is 14.7. The van der Waals surface area contributed by atoms with Crippen LogP contribution < -0.4 is 0 Å². The molecule has 0 aromatic carbocycles. The van der Waals surface area contributed by atoms with Gasteiger partial charge in [0.25, 0.3) is 0 Å². The molecule has 0 aromatic heterocycles. The van der Waals surface area contributed by atoms with Gasteiger partial charge in [0, 0.05) is 19.3 Å². The standard InChI is InChI=1S/C72H126O6/c1-4-7-10-13-16-19-22-25-27-29-31-33-34-35-36-37-38-40-41-43-45-47-50-53-56-59-62-65-71(74)77-68-69(67-76-70(73)64-61-58-55-52-49-24-21-18-15-12-9-6-3)78-72(75)66-63-60-57-54-51-48-46-44-42-39-32-30-28-26-23-20-17-14-11-8-5-2/h7,10,16,19,25,27,31,33,35-36,38,40,43,45,69H,4-6,8-9,11-15,17-18,20-24,26,28-30,32,34,37,39,41-42,44,46-68H2,1-3H3/b10-7-,19-16-,27-25-,33-31-,36-35-,40-38-,45-43-. The summed E-state index contributed by atoms with van der Waals surface area (Å²) in [6.07, 6.45) is 87.4. The lowest BCUT2D eigenvalue weighted by molar-refractivity contribution is -0.167. The van der Waals surface area contributed by atoms with Crippen molar-refractivity contribution in [3.05, 3.63) is 85.1 Å². The molecular formula is C72H126O6. The van der Waals surface area contributed by atoms with Gasteiger partial charge < -0.3 is 14.2 Å². The van der Waals surface area contributed by atoms with Crippen molar-refractivity contribution in [3.63, 3.8) is 0 Å². The molecule has 1 unspecified atom stereocenters. The lowest BCUT2D eigenvalue weighted by Crippen LogP contribution is -2.30. The average Bonchev–Trinajstić information content (AvgIpc) is 3.44. The minimum absolute atomic E-state index is 0.0781. The number of allylic oxidation sites excluding steroid dienone is 14. The Labute approximate surface area is 484 Å². The maximum absolute atomic E-state index is 12.9. The summed E-state index contributed by atoms with van der Waals surface area (Å²) < 4.78 is 16.9. The maximum Gasteiger partial charge on any atom is 0.306 e. The molecule has 78 heavy (non-hydrogen) atoms. The zero-order chi connectivity index (χ0) is 56.4. The van der Waals surface area contributed by atoms with Crippen molar-refractivity contribution >= 4 is 17.9 Å². The Morgan fingerprint density at radius 1 is 0.269 bits per heavy atom. The zero-order valence-electron chi connectivity index (χ0n) is 51.7. The third kappa shape index (κ3) is 63.4. The average molecular weight is 1090 g/mol. The summed E-state index contributed by atoms with van der Waals surface area (Å²) in [5, 5.41) is 0. The predicted molar refractivity (Wildman–Crippen MR) is 339 cm³/mol. The van der Waals surface area contributed by atoms with Crippen LogP contribution in [0.15, 0.2) is 85.1 Å². The van der Waals surface area contributed by atoms with Gasteiger partial charge in [0.1, 0.15) is 13.2 Å². The van der Waals surface area contributed by atoms with Crippen LogP contribution in [0, 0.1) is 0 Å². The van der Waals surface area contributed by atoms with Crippen LogP contribution in [0.1, 0.15) is 335 Å². The van der Waals surface area contributed by atoms with Crippen LogP contribution in [-0.2, 0) is 28.6 Å². The van der Waals surface area contributed by atoms with E-state index in [9.17, 15) is 14.4 Å². The lowest BCUT2D eigenvalue weighted by Gasteiger charge is -2.18. The Morgan fingerprint density at radius 2 is 0.500 bits per heavy atom. The highest BCUT2D eigenvalue weighted by Crippen LogP contribution is 2.17. The fraction of sp³-hybridized carbons (Fsp3) is 0.764. The Morgan fingerprint density at radius 3 is 0.782 bits per heavy atom. The van der Waals surface area contributed by atoms with E-state index >= 15 is 0 Å². The second kappa shape index (κ2) is 66.1. The van der Waals surface area contributed by atoms with Crippen LogP contribution >= 0.6 is 0 Å². The number of unbranched alkanes of at least 4 members (excludes halogenated alkanes) is 36. The Hall–Kier alpha value is -3.41. The molecule has 0 radical (unpaired) electrons. The van der Waals surface area contributed by atoms with Crippen LogP contribution in [0.3, 0.4) is 0 Å². The van der Waals surface area contributed by atoms with Gasteiger partial charge in [-0.25, -0.2) is 0 Å². The molecule has 0 heterocycles. The van der Waals surface area contributed by atoms with Crippen molar-refractivity contribution in [3.8, 4) is 0 Å². The highest BCUT2D eigenvalue weighted by atomic mass is 16.6. The zero-order valence-corrected chi connectivity index (χ0v) is 51.7. The monoisotopic (exact) mass is 1090 g/mol. The smallest absolute Gasteiger partial charge is 0.306 e. The van der Waals surface area contributed by atoms with Crippen molar-refractivity contribution in [1.29, 1.82) is 0 Å². The van der Waals surface area contributed by atoms with Crippen molar-refractivity contribution in [2.24, 2.45) is 0 Å². The van der Waals surface area contributed by atoms with Crippen LogP contribution in [-0.4, -0.2) is 37.2 Å². The summed E-state index contributed by atoms with van der Waals surface area (Å²) in [4.78, 5) is 38.3. The number of hydrogen-bond donors (Lipinski definition) is 0. The van der Waals surface area contributed by atoms with E-state index in [1.165, 1.54) is 173 Å². The molecule has 0 saturated heterocycles. The fourth-order valence-electron chi connectivity index (χ4n) is 9.66. The van der Waals surface area contributed by atoms with Crippen molar-refractivity contribution in [2.75, 3.05) is 13.2 Å². The van der Waals surface area contributed by atoms with Crippen molar-refractivity contribution in [2.45, 2.75) is 341 Å². The van der Waals surface area contributed by atoms with Crippen LogP contribution in [0.4, 0.5) is 0 Å². The van der Waals surface area contributed by atoms with Crippen LogP contribution in [0.5, 0.6) is 0 Å². The molecule has 6 nitrogen and oxygen atoms in total. The maximum atomic E-state index is 12.9. The highest BCUT2D eigenvalue weighted by molar-refractivity contribution is 5.71. The largest absolute Gasteiger partial charge is 0.462 e. The molecule has 0 saturated carbocycles. The van der Waals surface area contributed by atoms with Crippen molar-refractivity contribution in [1.82, 2.24) is 0 Å². The van der Waals surface area contributed by atoms with E-state index in [4.69, 9.17) is 14.2 Å². The summed E-state index contributed by atoms with van der Waals surface area (Å²) in [5.74, 6) is -0.880. The summed E-state index contributed by atoms with van der Waals surface area (Å²) in [5.41, 5.74) is 0. The van der Waals surface area contributed by atoms with Gasteiger partial charge in [-0.1, -0.05) is 324 Å². The first-order valence-corrected chi connectivity index (χ1v) is 33.6. The number of esters is 3. The summed E-state index contributed by atoms with van der Waals surface area (Å²) in [6.45, 7) is 6.55. The SMILES string of the molecule is CC/C=C\C/C=C\C/C=C\C/C=C\C/C=C\C/C=C\C/C=C\CCCCCCCC(=O)OCC(COC(=O)CCCCCCCCCCCCCC)OC(=O)CCCCCCCCCCCCCCCCCCCCCCC. The molecule has 0 N–H and O–H groups in total. The first kappa shape index (κ1) is 74.6. The Kier molecular flexibility index (Phi) is 63.2. The molecule has 0 fully saturated rings. The van der Waals surface area contributed by atoms with Gasteiger partial charge in [-0.15, -0.1) is 0 Å². The minimum Gasteiger partial charge on any atom is -0.462 e. The molecular weight excluding hydrogens is 961 g/mol. The van der Waals surface area contributed by atoms with E-state index in [2.05, 4.69) is 106 Å². The fourth-order valence-corrected chi connectivity index (χ4v) is 9.66. The van der Waals surface area contributed by atoms with Crippen LogP contribution in [0.25, 0.3) is 0 Å². The number of hydrogen-bond acceptors (Lipinski definition) is 6. The first-order valence-electron chi connectivity index (χ1n) is 33.6. The second-order valence-corrected chi connectivity index (χ2v) is 22.4. The number of carbonyl (C=O) groups excluding carboxylic acids is 3. The summed E-state index contributed by atoms with van der Waals surface area (Å²) in [6, 6.07) is 0. The Bertz CT molecular complexity index is 1480. The molecule has 6 heteroatoms. The Balaban J connectivity index is 4.32. The quantitative estimate of drug-likeness (QED) is 0.0261. The normalized spacial score (nSPS) is 12.6. The molecule has 1 atom stereocenters. The predicted octanol–water partition coefficient (Wildman–Crippen LogP) is 23.1. The van der Waals surface area contributed by atoms with E-state index in [0.29, 0.717) is 19.3 Å². The second-order valence-electron chi connectivity index (χ2n) is 22.4. The van der Waals surface area contributed by atoms with Crippen molar-refractivity contribution < 1.29 is 28.6 Å². The molecule has 0 aliphatic carbocycles. The van der Waals surface area contributed by atoms with Gasteiger partial charge in [0.2, 0.25) is 0 Å². The van der Waals surface area contributed by atoms with Gasteiger partial charge in [0.05, 0.1) is 0 Å². The van der Waals surface area contributed by atoms with Gasteiger partial charge in [-0.05, 0) is 77.0 Å². The van der Waals surface area contributed by atoms with E-state index in [1.54, 1.807) is 0 Å². The topological polar surface area (TPSA) is 78.9 Å². The van der Waals surface area contributed by atoms with Gasteiger partial charge in [0.15, 0.2) is 6.10 Å². The van der Waals surface area contributed by atoms with E-state index in [-0.39, 0.29) is 31.1 Å². The third-order valence-electron chi connectivity index (χ3n) is 14.7. The molecule has 450 valence electrons. The molecule has 0 rings (SSSR count). The molecule has 0 bridgehead atoms. The van der Waals surface area contributed by atoms with Crippen LogP contribution in [0.2, 0.25) is 0 Å².